The highest BCUT2D eigenvalue weighted by Crippen LogP contribution is 2.32. The van der Waals surface area contributed by atoms with Gasteiger partial charge in [-0.15, -0.1) is 10.2 Å². The van der Waals surface area contributed by atoms with Gasteiger partial charge in [0.25, 0.3) is 5.91 Å². The maximum absolute atomic E-state index is 13.6. The minimum Gasteiger partial charge on any atom is -0.345 e. The Morgan fingerprint density at radius 1 is 0.957 bits per heavy atom. The van der Waals surface area contributed by atoms with Gasteiger partial charge in [-0.3, -0.25) is 14.2 Å². The number of sulfonamides is 1. The highest BCUT2D eigenvalue weighted by molar-refractivity contribution is 7.99. The molecule has 0 atom stereocenters. The van der Waals surface area contributed by atoms with Gasteiger partial charge in [0.05, 0.1) is 28.4 Å². The predicted molar refractivity (Wildman–Crippen MR) is 169 cm³/mol. The molecule has 15 heteroatoms. The van der Waals surface area contributed by atoms with E-state index in [2.05, 4.69) is 20.8 Å². The van der Waals surface area contributed by atoms with Crippen LogP contribution in [0.3, 0.4) is 0 Å². The molecule has 0 aliphatic rings. The maximum Gasteiger partial charge on any atom is 0.416 e. The van der Waals surface area contributed by atoms with Crippen molar-refractivity contribution in [3.63, 3.8) is 0 Å². The average Bonchev–Trinajstić information content (AvgIpc) is 3.43. The van der Waals surface area contributed by atoms with Crippen molar-refractivity contribution in [2.45, 2.75) is 50.5 Å². The lowest BCUT2D eigenvalue weighted by Gasteiger charge is -2.18. The topological polar surface area (TPSA) is 126 Å². The molecule has 4 aromatic rings. The summed E-state index contributed by atoms with van der Waals surface area (Å²) < 4.78 is 68.9. The first-order valence-corrected chi connectivity index (χ1v) is 16.7. The van der Waals surface area contributed by atoms with Crippen LogP contribution in [-0.4, -0.2) is 58.1 Å². The van der Waals surface area contributed by atoms with Crippen LogP contribution in [0.1, 0.15) is 46.7 Å². The normalized spacial score (nSPS) is 11.9. The minimum absolute atomic E-state index is 0.0419. The van der Waals surface area contributed by atoms with E-state index in [1.54, 1.807) is 13.8 Å². The maximum atomic E-state index is 13.6. The van der Waals surface area contributed by atoms with Crippen LogP contribution < -0.4 is 10.6 Å². The fraction of sp³-hybridized carbons (Fsp3) is 0.290. The van der Waals surface area contributed by atoms with Crippen molar-refractivity contribution in [3.8, 4) is 5.69 Å². The second-order valence-corrected chi connectivity index (χ2v) is 13.1. The number of nitrogens with one attached hydrogen (secondary N) is 2. The molecule has 0 saturated heterocycles. The van der Waals surface area contributed by atoms with Crippen molar-refractivity contribution >= 4 is 39.3 Å². The van der Waals surface area contributed by atoms with E-state index in [4.69, 9.17) is 0 Å². The van der Waals surface area contributed by atoms with Crippen molar-refractivity contribution in [2.24, 2.45) is 0 Å². The molecule has 2 amide bonds. The summed E-state index contributed by atoms with van der Waals surface area (Å²) in [6, 6.07) is 15.6. The van der Waals surface area contributed by atoms with Gasteiger partial charge in [0, 0.05) is 24.3 Å². The molecule has 0 aliphatic heterocycles. The highest BCUT2D eigenvalue weighted by Gasteiger charge is 2.31. The molecule has 0 aliphatic carbocycles. The first kappa shape index (κ1) is 34.7. The van der Waals surface area contributed by atoms with E-state index in [1.165, 1.54) is 45.3 Å². The summed E-state index contributed by atoms with van der Waals surface area (Å²) in [6.45, 7) is 7.58. The summed E-state index contributed by atoms with van der Waals surface area (Å²) in [6.07, 6.45) is -4.61. The number of nitrogens with zero attached hydrogens (tertiary/aromatic N) is 4. The number of alkyl halides is 3. The number of rotatable bonds is 12. The summed E-state index contributed by atoms with van der Waals surface area (Å²) in [5, 5.41) is 13.9. The Bertz CT molecular complexity index is 1820. The number of aromatic nitrogens is 3. The predicted octanol–water partition coefficient (Wildman–Crippen LogP) is 5.59. The number of amides is 2. The second kappa shape index (κ2) is 14.5. The van der Waals surface area contributed by atoms with Gasteiger partial charge in [0.2, 0.25) is 15.9 Å². The third-order valence-electron chi connectivity index (χ3n) is 7.00. The average molecular weight is 675 g/mol. The number of carbonyl (C=O) groups is 2. The van der Waals surface area contributed by atoms with Crippen LogP contribution in [-0.2, 0) is 27.5 Å². The number of aryl methyl sites for hydroxylation is 2. The van der Waals surface area contributed by atoms with Crippen molar-refractivity contribution in [3.05, 3.63) is 94.8 Å². The van der Waals surface area contributed by atoms with Crippen LogP contribution in [0.15, 0.2) is 76.8 Å². The number of anilines is 1. The molecule has 1 aromatic heterocycles. The lowest BCUT2D eigenvalue weighted by atomic mass is 10.1. The fourth-order valence-electron chi connectivity index (χ4n) is 4.53. The van der Waals surface area contributed by atoms with Crippen LogP contribution >= 0.6 is 11.8 Å². The van der Waals surface area contributed by atoms with E-state index in [1.807, 2.05) is 32.0 Å². The highest BCUT2D eigenvalue weighted by atomic mass is 32.2. The second-order valence-electron chi connectivity index (χ2n) is 10.2. The number of halogens is 3. The lowest BCUT2D eigenvalue weighted by Crippen LogP contribution is -2.30. The molecule has 0 spiro atoms. The number of hydrogen-bond donors (Lipinski definition) is 2. The van der Waals surface area contributed by atoms with Crippen molar-refractivity contribution in [1.29, 1.82) is 0 Å². The Balaban J connectivity index is 1.55. The van der Waals surface area contributed by atoms with Crippen LogP contribution in [0, 0.1) is 13.8 Å². The van der Waals surface area contributed by atoms with Gasteiger partial charge in [-0.2, -0.15) is 17.5 Å². The van der Waals surface area contributed by atoms with Crippen LogP contribution in [0.2, 0.25) is 0 Å². The summed E-state index contributed by atoms with van der Waals surface area (Å²) in [5.74, 6) is -0.906. The molecule has 1 heterocycles. The van der Waals surface area contributed by atoms with Gasteiger partial charge in [0.1, 0.15) is 0 Å². The van der Waals surface area contributed by atoms with Crippen LogP contribution in [0.5, 0.6) is 0 Å². The molecule has 4 rings (SSSR count). The smallest absolute Gasteiger partial charge is 0.345 e. The monoisotopic (exact) mass is 674 g/mol. The zero-order chi connectivity index (χ0) is 33.6. The third kappa shape index (κ3) is 8.13. The molecule has 0 unspecified atom stereocenters. The number of thioether (sulfide) groups is 1. The van der Waals surface area contributed by atoms with E-state index in [9.17, 15) is 31.2 Å². The van der Waals surface area contributed by atoms with E-state index < -0.39 is 27.7 Å². The molecular weight excluding hydrogens is 642 g/mol. The van der Waals surface area contributed by atoms with Gasteiger partial charge >= 0.3 is 6.18 Å². The lowest BCUT2D eigenvalue weighted by molar-refractivity contribution is -0.137. The van der Waals surface area contributed by atoms with Gasteiger partial charge in [0.15, 0.2) is 11.0 Å². The quantitative estimate of drug-likeness (QED) is 0.188. The van der Waals surface area contributed by atoms with Crippen molar-refractivity contribution < 1.29 is 31.2 Å². The molecule has 0 fully saturated rings. The first-order valence-electron chi connectivity index (χ1n) is 14.2. The molecule has 10 nitrogen and oxygen atoms in total. The van der Waals surface area contributed by atoms with Gasteiger partial charge in [-0.25, -0.2) is 8.42 Å². The molecule has 244 valence electrons. The molecule has 46 heavy (non-hydrogen) atoms. The summed E-state index contributed by atoms with van der Waals surface area (Å²) in [4.78, 5) is 25.8. The Morgan fingerprint density at radius 3 is 2.30 bits per heavy atom. The van der Waals surface area contributed by atoms with E-state index in [0.29, 0.717) is 18.8 Å². The molecule has 3 aromatic carbocycles. The standard InChI is InChI=1S/C31H33F3N6O4S2/c1-5-39(6-2)46(43,44)25-14-12-22(13-15-25)29(42)35-18-27-37-38-30(40(27)24-9-7-8-23(17-24)31(32,33)34)45-19-28(41)36-26-16-20(3)10-11-21(26)4/h7-17H,5-6,18-19H2,1-4H3,(H,35,42)(H,36,41). The molecule has 2 N–H and O–H groups in total. The Morgan fingerprint density at radius 2 is 1.65 bits per heavy atom. The number of benzene rings is 3. The molecule has 0 radical (unpaired) electrons. The molecule has 0 bridgehead atoms. The Kier molecular flexibility index (Phi) is 10.9. The van der Waals surface area contributed by atoms with E-state index in [-0.39, 0.29) is 45.3 Å². The third-order valence-corrected chi connectivity index (χ3v) is 9.99. The fourth-order valence-corrected chi connectivity index (χ4v) is 6.76. The van der Waals surface area contributed by atoms with Crippen molar-refractivity contribution in [1.82, 2.24) is 24.4 Å². The Labute approximate surface area is 269 Å². The SMILES string of the molecule is CCN(CC)S(=O)(=O)c1ccc(C(=O)NCc2nnc(SCC(=O)Nc3cc(C)ccc3C)n2-c2cccc(C(F)(F)F)c2)cc1. The van der Waals surface area contributed by atoms with Gasteiger partial charge in [-0.1, -0.05) is 43.8 Å². The van der Waals surface area contributed by atoms with Gasteiger partial charge < -0.3 is 10.6 Å². The minimum atomic E-state index is -4.61. The molecular formula is C31H33F3N6O4S2. The summed E-state index contributed by atoms with van der Waals surface area (Å²) >= 11 is 0.976. The zero-order valence-corrected chi connectivity index (χ0v) is 27.2. The number of hydrogen-bond acceptors (Lipinski definition) is 7. The Hall–Kier alpha value is -4.21. The zero-order valence-electron chi connectivity index (χ0n) is 25.6. The summed E-state index contributed by atoms with van der Waals surface area (Å²) in [5.41, 5.74) is 1.84. The van der Waals surface area contributed by atoms with Gasteiger partial charge in [-0.05, 0) is 73.5 Å². The van der Waals surface area contributed by atoms with Crippen molar-refractivity contribution in [2.75, 3.05) is 24.2 Å². The summed E-state index contributed by atoms with van der Waals surface area (Å²) in [7, 11) is -3.71. The largest absolute Gasteiger partial charge is 0.416 e. The van der Waals surface area contributed by atoms with Crippen LogP contribution in [0.4, 0.5) is 18.9 Å². The first-order chi connectivity index (χ1) is 21.7. The number of carbonyl (C=O) groups excluding carboxylic acids is 2. The van der Waals surface area contributed by atoms with Crippen LogP contribution in [0.25, 0.3) is 5.69 Å². The van der Waals surface area contributed by atoms with E-state index in [0.717, 1.165) is 35.0 Å². The molecule has 0 saturated carbocycles. The van der Waals surface area contributed by atoms with E-state index >= 15 is 0 Å².